The van der Waals surface area contributed by atoms with Gasteiger partial charge in [-0.15, -0.1) is 5.10 Å². The molecule has 0 spiro atoms. The summed E-state index contributed by atoms with van der Waals surface area (Å²) >= 11 is 0. The molecule has 1 fully saturated rings. The smallest absolute Gasteiger partial charge is 0.243 e. The zero-order valence-electron chi connectivity index (χ0n) is 14.4. The Kier molecular flexibility index (Phi) is 4.59. The van der Waals surface area contributed by atoms with Gasteiger partial charge in [-0.2, -0.15) is 4.98 Å². The van der Waals surface area contributed by atoms with Crippen molar-refractivity contribution in [2.75, 3.05) is 10.6 Å². The third-order valence-electron chi connectivity index (χ3n) is 3.98. The quantitative estimate of drug-likeness (QED) is 0.815. The molecule has 24 heavy (non-hydrogen) atoms. The molecule has 0 saturated heterocycles. The third-order valence-corrected chi connectivity index (χ3v) is 3.98. The van der Waals surface area contributed by atoms with Gasteiger partial charge < -0.3 is 10.6 Å². The molecule has 0 bridgehead atoms. The lowest BCUT2D eigenvalue weighted by Crippen LogP contribution is -2.06. The Balaban J connectivity index is 1.61. The fourth-order valence-electron chi connectivity index (χ4n) is 2.44. The molecule has 2 N–H and O–H groups in total. The van der Waals surface area contributed by atoms with Gasteiger partial charge in [0.15, 0.2) is 0 Å². The molecule has 1 saturated carbocycles. The monoisotopic (exact) mass is 325 g/mol. The van der Waals surface area contributed by atoms with E-state index in [0.717, 1.165) is 47.9 Å². The molecule has 0 aromatic carbocycles. The molecule has 2 aromatic rings. The van der Waals surface area contributed by atoms with Gasteiger partial charge in [-0.05, 0) is 31.4 Å². The number of anilines is 2. The number of hydrogen-bond donors (Lipinski definition) is 2. The molecular formula is C17H23N7. The van der Waals surface area contributed by atoms with Crippen molar-refractivity contribution in [3.05, 3.63) is 47.8 Å². The largest absolute Gasteiger partial charge is 0.346 e. The summed E-state index contributed by atoms with van der Waals surface area (Å²) in [4.78, 5) is 12.7. The molecule has 0 radical (unpaired) electrons. The molecule has 1 aliphatic carbocycles. The van der Waals surface area contributed by atoms with Crippen LogP contribution >= 0.6 is 0 Å². The van der Waals surface area contributed by atoms with E-state index < -0.39 is 0 Å². The molecule has 1 atom stereocenters. The Hall–Kier alpha value is -2.70. The number of unbranched alkanes of at least 4 members (excludes halogenated alkanes) is 1. The summed E-state index contributed by atoms with van der Waals surface area (Å²) in [5.41, 5.74) is 3.07. The van der Waals surface area contributed by atoms with E-state index in [0.29, 0.717) is 5.95 Å². The summed E-state index contributed by atoms with van der Waals surface area (Å²) in [7, 11) is 0. The maximum Gasteiger partial charge on any atom is 0.243 e. The van der Waals surface area contributed by atoms with Crippen LogP contribution in [-0.2, 0) is 6.54 Å². The van der Waals surface area contributed by atoms with E-state index in [1.165, 1.54) is 0 Å². The van der Waals surface area contributed by atoms with Crippen molar-refractivity contribution in [3.63, 3.8) is 0 Å². The van der Waals surface area contributed by atoms with E-state index >= 15 is 0 Å². The van der Waals surface area contributed by atoms with Gasteiger partial charge in [0.25, 0.3) is 0 Å². The van der Waals surface area contributed by atoms with E-state index in [9.17, 15) is 0 Å². The van der Waals surface area contributed by atoms with Crippen molar-refractivity contribution < 1.29 is 0 Å². The number of nitrogens with zero attached hydrogens (tertiary/aromatic N) is 5. The minimum Gasteiger partial charge on any atom is -0.346 e. The number of hydrogen-bond acceptors (Lipinski definition) is 6. The topological polar surface area (TPSA) is 80.5 Å². The number of aryl methyl sites for hydroxylation is 3. The van der Waals surface area contributed by atoms with Crippen LogP contribution in [0.15, 0.2) is 36.3 Å². The zero-order chi connectivity index (χ0) is 17.1. The molecular weight excluding hydrogens is 302 g/mol. The Morgan fingerprint density at radius 2 is 2.17 bits per heavy atom. The van der Waals surface area contributed by atoms with Crippen molar-refractivity contribution in [1.82, 2.24) is 24.7 Å². The van der Waals surface area contributed by atoms with Gasteiger partial charge in [-0.1, -0.05) is 19.9 Å². The van der Waals surface area contributed by atoms with Crippen LogP contribution in [0.4, 0.5) is 11.8 Å². The highest BCUT2D eigenvalue weighted by Crippen LogP contribution is 2.37. The summed E-state index contributed by atoms with van der Waals surface area (Å²) < 4.78 is 1.95. The molecule has 2 heterocycles. The van der Waals surface area contributed by atoms with E-state index in [1.807, 2.05) is 30.8 Å². The maximum atomic E-state index is 4.51. The first-order chi connectivity index (χ1) is 11.6. The molecule has 0 amide bonds. The van der Waals surface area contributed by atoms with E-state index in [1.54, 1.807) is 6.33 Å². The van der Waals surface area contributed by atoms with Crippen LogP contribution in [0.25, 0.3) is 0 Å². The van der Waals surface area contributed by atoms with E-state index in [-0.39, 0.29) is 6.04 Å². The van der Waals surface area contributed by atoms with Crippen LogP contribution in [0.3, 0.4) is 0 Å². The molecule has 126 valence electrons. The first-order valence-corrected chi connectivity index (χ1v) is 8.21. The Morgan fingerprint density at radius 1 is 1.33 bits per heavy atom. The fraction of sp³-hybridized carbons (Fsp3) is 0.412. The molecule has 1 aliphatic rings. The summed E-state index contributed by atoms with van der Waals surface area (Å²) in [6.45, 7) is 11.1. The van der Waals surface area contributed by atoms with Gasteiger partial charge in [0.2, 0.25) is 5.95 Å². The molecule has 2 aromatic heterocycles. The van der Waals surface area contributed by atoms with Crippen molar-refractivity contribution in [2.45, 2.75) is 46.2 Å². The Bertz CT molecular complexity index is 775. The summed E-state index contributed by atoms with van der Waals surface area (Å²) in [5, 5.41) is 11.0. The summed E-state index contributed by atoms with van der Waals surface area (Å²) in [6.07, 6.45) is 5.71. The predicted molar refractivity (Wildman–Crippen MR) is 94.7 cm³/mol. The summed E-state index contributed by atoms with van der Waals surface area (Å²) in [6, 6.07) is 1.98. The van der Waals surface area contributed by atoms with Crippen molar-refractivity contribution in [2.24, 2.45) is 0 Å². The maximum absolute atomic E-state index is 4.51. The highest BCUT2D eigenvalue weighted by atomic mass is 15.4. The van der Waals surface area contributed by atoms with E-state index in [4.69, 9.17) is 0 Å². The van der Waals surface area contributed by atoms with Crippen LogP contribution in [-0.4, -0.2) is 30.8 Å². The third kappa shape index (κ3) is 3.61. The number of aromatic nitrogens is 5. The van der Waals surface area contributed by atoms with Gasteiger partial charge >= 0.3 is 0 Å². The minimum absolute atomic E-state index is 0.0851. The second-order valence-corrected chi connectivity index (χ2v) is 5.95. The van der Waals surface area contributed by atoms with E-state index in [2.05, 4.69) is 44.2 Å². The zero-order valence-corrected chi connectivity index (χ0v) is 14.4. The Labute approximate surface area is 141 Å². The van der Waals surface area contributed by atoms with Crippen LogP contribution < -0.4 is 10.6 Å². The lowest BCUT2D eigenvalue weighted by molar-refractivity contribution is 0.557. The molecule has 1 unspecified atom stereocenters. The second kappa shape index (κ2) is 6.82. The van der Waals surface area contributed by atoms with Crippen LogP contribution in [0.5, 0.6) is 0 Å². The van der Waals surface area contributed by atoms with Gasteiger partial charge in [0.1, 0.15) is 18.0 Å². The van der Waals surface area contributed by atoms with Crippen LogP contribution in [0, 0.1) is 13.8 Å². The standard InChI is InChI=1S/C17H23N7/c1-5-6-7-24-13(4)21-17(23-24)22-16-12(3)14(16)9-18-15-8-11(2)19-10-20-15/h8-10,16H,3,5-7H2,1-2,4H3,(H,22,23)(H,18,19,20)/b14-9+. The fourth-order valence-corrected chi connectivity index (χ4v) is 2.44. The van der Waals surface area contributed by atoms with Gasteiger partial charge in [-0.25, -0.2) is 14.6 Å². The average molecular weight is 325 g/mol. The molecule has 3 rings (SSSR count). The predicted octanol–water partition coefficient (Wildman–Crippen LogP) is 2.83. The van der Waals surface area contributed by atoms with Gasteiger partial charge in [0.05, 0.1) is 6.04 Å². The van der Waals surface area contributed by atoms with Gasteiger partial charge in [0, 0.05) is 24.5 Å². The Morgan fingerprint density at radius 3 is 2.92 bits per heavy atom. The molecule has 7 heteroatoms. The average Bonchev–Trinajstić information content (AvgIpc) is 3.00. The SMILES string of the molecule is C=C1/C(=C\Nc2cc(C)ncn2)C1Nc1nc(C)n(CCCC)n1. The molecule has 0 aliphatic heterocycles. The lowest BCUT2D eigenvalue weighted by atomic mass is 10.3. The summed E-state index contributed by atoms with van der Waals surface area (Å²) in [5.74, 6) is 2.35. The number of rotatable bonds is 7. The highest BCUT2D eigenvalue weighted by molar-refractivity contribution is 5.65. The van der Waals surface area contributed by atoms with Crippen LogP contribution in [0.2, 0.25) is 0 Å². The highest BCUT2D eigenvalue weighted by Gasteiger charge is 2.36. The normalized spacial score (nSPS) is 18.0. The van der Waals surface area contributed by atoms with Crippen molar-refractivity contribution >= 4 is 11.8 Å². The molecule has 7 nitrogen and oxygen atoms in total. The lowest BCUT2D eigenvalue weighted by Gasteiger charge is -2.00. The van der Waals surface area contributed by atoms with Gasteiger partial charge in [-0.3, -0.25) is 0 Å². The minimum atomic E-state index is 0.0851. The van der Waals surface area contributed by atoms with Crippen molar-refractivity contribution in [1.29, 1.82) is 0 Å². The first-order valence-electron chi connectivity index (χ1n) is 8.21. The second-order valence-electron chi connectivity index (χ2n) is 5.95. The number of nitrogens with one attached hydrogen (secondary N) is 2. The van der Waals surface area contributed by atoms with Crippen molar-refractivity contribution in [3.8, 4) is 0 Å². The van der Waals surface area contributed by atoms with Crippen LogP contribution in [0.1, 0.15) is 31.3 Å². The first kappa shape index (κ1) is 16.2.